The number of rotatable bonds is 5. The largest absolute Gasteiger partial charge is 0.432 e. The van der Waals surface area contributed by atoms with Crippen LogP contribution >= 0.6 is 34.8 Å². The Morgan fingerprint density at radius 3 is 1.88 bits per heavy atom. The molecule has 0 heterocycles. The van der Waals surface area contributed by atoms with Crippen LogP contribution in [0.3, 0.4) is 0 Å². The maximum Gasteiger partial charge on any atom is 0.432 e. The third kappa shape index (κ3) is 4.29. The molecule has 0 bridgehead atoms. The van der Waals surface area contributed by atoms with E-state index in [0.29, 0.717) is 17.2 Å². The monoisotopic (exact) mass is 517 g/mol. The van der Waals surface area contributed by atoms with E-state index in [4.69, 9.17) is 34.8 Å². The van der Waals surface area contributed by atoms with Crippen LogP contribution in [0, 0.1) is 0 Å². The summed E-state index contributed by atoms with van der Waals surface area (Å²) in [5, 5.41) is 1.37. The van der Waals surface area contributed by atoms with Crippen LogP contribution in [0.2, 0.25) is 15.1 Å². The van der Waals surface area contributed by atoms with Crippen molar-refractivity contribution in [2.45, 2.75) is 49.9 Å². The molecule has 11 heteroatoms. The van der Waals surface area contributed by atoms with Gasteiger partial charge in [0, 0.05) is 23.1 Å². The van der Waals surface area contributed by atoms with E-state index in [1.165, 1.54) is 12.1 Å². The lowest BCUT2D eigenvalue weighted by Crippen LogP contribution is -2.51. The molecule has 1 saturated carbocycles. The molecule has 1 aliphatic rings. The van der Waals surface area contributed by atoms with Crippen molar-refractivity contribution in [2.75, 3.05) is 5.32 Å². The van der Waals surface area contributed by atoms with Crippen molar-refractivity contribution < 1.29 is 31.1 Å². The fraction of sp³-hybridized carbons (Fsp3) is 0.381. The molecule has 0 radical (unpaired) electrons. The van der Waals surface area contributed by atoms with Crippen LogP contribution in [0.5, 0.6) is 0 Å². The summed E-state index contributed by atoms with van der Waals surface area (Å²) in [4.78, 5) is 12.6. The average molecular weight is 519 g/mol. The van der Waals surface area contributed by atoms with Crippen LogP contribution in [0.25, 0.3) is 0 Å². The standard InChI is InChI=1S/C21H16Cl3F6NO/c1-18(5-6-18)12-4-3-10(7-13(12)22)17(32)31-16-14(23)8-11(9-15(16)24)20(27,19(2,25)26)21(28,29)30/h3-4,7-9H,5-6H2,1-2H3,(H,31,32). The van der Waals surface area contributed by atoms with E-state index in [-0.39, 0.29) is 23.6 Å². The summed E-state index contributed by atoms with van der Waals surface area (Å²) in [6.07, 6.45) is -4.04. The molecule has 0 aromatic heterocycles. The van der Waals surface area contributed by atoms with E-state index in [1.807, 2.05) is 6.92 Å². The summed E-state index contributed by atoms with van der Waals surface area (Å²) < 4.78 is 81.6. The van der Waals surface area contributed by atoms with E-state index in [9.17, 15) is 31.1 Å². The van der Waals surface area contributed by atoms with Gasteiger partial charge in [-0.3, -0.25) is 4.79 Å². The highest BCUT2D eigenvalue weighted by Gasteiger charge is 2.70. The van der Waals surface area contributed by atoms with Gasteiger partial charge in [0.05, 0.1) is 15.7 Å². The molecular formula is C21H16Cl3F6NO. The molecule has 2 aromatic carbocycles. The maximum atomic E-state index is 14.6. The van der Waals surface area contributed by atoms with E-state index in [1.54, 1.807) is 6.07 Å². The molecule has 0 spiro atoms. The van der Waals surface area contributed by atoms with E-state index < -0.39 is 39.3 Å². The Labute approximate surface area is 194 Å². The summed E-state index contributed by atoms with van der Waals surface area (Å²) in [7, 11) is 0. The number of anilines is 1. The number of halogens is 9. The van der Waals surface area contributed by atoms with E-state index >= 15 is 0 Å². The second-order valence-corrected chi connectivity index (χ2v) is 9.29. The van der Waals surface area contributed by atoms with Crippen LogP contribution in [-0.4, -0.2) is 18.0 Å². The van der Waals surface area contributed by atoms with Gasteiger partial charge in [0.25, 0.3) is 17.5 Å². The minimum Gasteiger partial charge on any atom is -0.319 e. The Morgan fingerprint density at radius 1 is 0.938 bits per heavy atom. The van der Waals surface area contributed by atoms with Gasteiger partial charge in [-0.05, 0) is 48.1 Å². The van der Waals surface area contributed by atoms with Gasteiger partial charge in [-0.2, -0.15) is 13.2 Å². The van der Waals surface area contributed by atoms with Crippen LogP contribution < -0.4 is 5.32 Å². The smallest absolute Gasteiger partial charge is 0.319 e. The van der Waals surface area contributed by atoms with Crippen LogP contribution in [0.1, 0.15) is 48.2 Å². The van der Waals surface area contributed by atoms with Gasteiger partial charge in [0.1, 0.15) is 0 Å². The van der Waals surface area contributed by atoms with Gasteiger partial charge < -0.3 is 5.32 Å². The van der Waals surface area contributed by atoms with Gasteiger partial charge in [0.2, 0.25) is 0 Å². The third-order valence-corrected chi connectivity index (χ3v) is 6.46. The van der Waals surface area contributed by atoms with Gasteiger partial charge in [-0.1, -0.05) is 47.8 Å². The average Bonchev–Trinajstić information content (AvgIpc) is 3.39. The number of benzene rings is 2. The van der Waals surface area contributed by atoms with Crippen molar-refractivity contribution in [3.05, 3.63) is 62.1 Å². The second kappa shape index (κ2) is 7.99. The fourth-order valence-electron chi connectivity index (χ4n) is 3.35. The Bertz CT molecular complexity index is 1040. The molecule has 1 amide bonds. The molecule has 1 aliphatic carbocycles. The van der Waals surface area contributed by atoms with Gasteiger partial charge >= 0.3 is 6.18 Å². The Balaban J connectivity index is 1.94. The number of carbonyl (C=O) groups excluding carboxylic acids is 1. The quantitative estimate of drug-likeness (QED) is 0.396. The first kappa shape index (κ1) is 25.0. The zero-order valence-corrected chi connectivity index (χ0v) is 18.9. The lowest BCUT2D eigenvalue weighted by atomic mass is 9.89. The third-order valence-electron chi connectivity index (χ3n) is 5.56. The highest BCUT2D eigenvalue weighted by atomic mass is 35.5. The van der Waals surface area contributed by atoms with Crippen molar-refractivity contribution >= 4 is 46.4 Å². The van der Waals surface area contributed by atoms with Crippen molar-refractivity contribution in [3.8, 4) is 0 Å². The van der Waals surface area contributed by atoms with Crippen LogP contribution in [0.4, 0.5) is 32.0 Å². The molecular weight excluding hydrogens is 503 g/mol. The normalized spacial score (nSPS) is 17.6. The van der Waals surface area contributed by atoms with Crippen LogP contribution in [0.15, 0.2) is 30.3 Å². The molecule has 1 unspecified atom stereocenters. The van der Waals surface area contributed by atoms with Crippen molar-refractivity contribution in [1.82, 2.24) is 0 Å². The van der Waals surface area contributed by atoms with E-state index in [2.05, 4.69) is 5.32 Å². The van der Waals surface area contributed by atoms with Gasteiger partial charge in [-0.25, -0.2) is 13.2 Å². The van der Waals surface area contributed by atoms with Crippen molar-refractivity contribution in [1.29, 1.82) is 0 Å². The molecule has 174 valence electrons. The molecule has 1 fully saturated rings. The van der Waals surface area contributed by atoms with Gasteiger partial charge in [0.15, 0.2) is 0 Å². The summed E-state index contributed by atoms with van der Waals surface area (Å²) in [5.74, 6) is -5.58. The molecule has 2 nitrogen and oxygen atoms in total. The van der Waals surface area contributed by atoms with Crippen LogP contribution in [-0.2, 0) is 11.1 Å². The Morgan fingerprint density at radius 2 is 1.47 bits per heavy atom. The molecule has 32 heavy (non-hydrogen) atoms. The molecule has 1 atom stereocenters. The maximum absolute atomic E-state index is 14.6. The zero-order valence-electron chi connectivity index (χ0n) is 16.6. The van der Waals surface area contributed by atoms with E-state index in [0.717, 1.165) is 18.4 Å². The lowest BCUT2D eigenvalue weighted by Gasteiger charge is -2.33. The number of hydrogen-bond acceptors (Lipinski definition) is 1. The first-order valence-corrected chi connectivity index (χ1v) is 10.4. The number of carbonyl (C=O) groups is 1. The fourth-order valence-corrected chi connectivity index (χ4v) is 4.34. The molecule has 0 saturated heterocycles. The summed E-state index contributed by atoms with van der Waals surface area (Å²) >= 11 is 18.1. The second-order valence-electron chi connectivity index (χ2n) is 8.07. The summed E-state index contributed by atoms with van der Waals surface area (Å²) in [6.45, 7) is 1.83. The summed E-state index contributed by atoms with van der Waals surface area (Å²) in [5.41, 5.74) is -5.96. The highest BCUT2D eigenvalue weighted by Crippen LogP contribution is 2.54. The molecule has 3 rings (SSSR count). The topological polar surface area (TPSA) is 29.1 Å². The lowest BCUT2D eigenvalue weighted by molar-refractivity contribution is -0.304. The zero-order chi connectivity index (χ0) is 24.3. The number of hydrogen-bond donors (Lipinski definition) is 1. The first-order valence-electron chi connectivity index (χ1n) is 9.25. The van der Waals surface area contributed by atoms with Gasteiger partial charge in [-0.15, -0.1) is 0 Å². The predicted molar refractivity (Wildman–Crippen MR) is 112 cm³/mol. The molecule has 1 N–H and O–H groups in total. The first-order chi connectivity index (χ1) is 14.5. The number of amides is 1. The number of nitrogens with one attached hydrogen (secondary N) is 1. The van der Waals surface area contributed by atoms with Crippen molar-refractivity contribution in [3.63, 3.8) is 0 Å². The summed E-state index contributed by atoms with van der Waals surface area (Å²) in [6, 6.07) is 5.33. The molecule has 0 aliphatic heterocycles. The molecule has 2 aromatic rings. The number of alkyl halides is 6. The SMILES string of the molecule is CC1(c2ccc(C(=O)Nc3c(Cl)cc(C(F)(C(C)(F)F)C(F)(F)F)cc3Cl)cc2Cl)CC1. The minimum absolute atomic E-state index is 0.0484. The minimum atomic E-state index is -5.96. The highest BCUT2D eigenvalue weighted by molar-refractivity contribution is 6.40. The Hall–Kier alpha value is -1.64. The van der Waals surface area contributed by atoms with Crippen molar-refractivity contribution in [2.24, 2.45) is 0 Å². The Kier molecular flexibility index (Phi) is 6.24. The predicted octanol–water partition coefficient (Wildman–Crippen LogP) is 8.33.